The predicted octanol–water partition coefficient (Wildman–Crippen LogP) is 4.07. The minimum Gasteiger partial charge on any atom is -0.486 e. The van der Waals surface area contributed by atoms with Crippen LogP contribution in [0.3, 0.4) is 0 Å². The third-order valence-electron chi connectivity index (χ3n) is 4.65. The second kappa shape index (κ2) is 8.87. The minimum atomic E-state index is -0.395. The first-order valence-corrected chi connectivity index (χ1v) is 9.41. The van der Waals surface area contributed by atoms with Gasteiger partial charge in [-0.05, 0) is 47.9 Å². The maximum absolute atomic E-state index is 13.0. The lowest BCUT2D eigenvalue weighted by Gasteiger charge is -2.25. The number of carbonyl (C=O) groups is 2. The van der Waals surface area contributed by atoms with Crippen LogP contribution in [0.4, 0.5) is 4.39 Å². The van der Waals surface area contributed by atoms with Gasteiger partial charge in [-0.2, -0.15) is 0 Å². The van der Waals surface area contributed by atoms with Gasteiger partial charge in [0.15, 0.2) is 17.3 Å². The number of amides is 1. The molecule has 1 N–H and O–H groups in total. The smallest absolute Gasteiger partial charge is 0.220 e. The molecule has 2 aromatic rings. The van der Waals surface area contributed by atoms with Crippen LogP contribution < -0.4 is 14.8 Å². The van der Waals surface area contributed by atoms with Crippen molar-refractivity contribution in [2.45, 2.75) is 32.7 Å². The van der Waals surface area contributed by atoms with Gasteiger partial charge < -0.3 is 14.8 Å². The third-order valence-corrected chi connectivity index (χ3v) is 4.65. The van der Waals surface area contributed by atoms with Crippen molar-refractivity contribution in [2.24, 2.45) is 5.92 Å². The Morgan fingerprint density at radius 2 is 1.68 bits per heavy atom. The summed E-state index contributed by atoms with van der Waals surface area (Å²) in [5, 5.41) is 3.01. The van der Waals surface area contributed by atoms with Gasteiger partial charge in [0.1, 0.15) is 19.0 Å². The van der Waals surface area contributed by atoms with Crippen molar-refractivity contribution >= 4 is 11.7 Å². The van der Waals surface area contributed by atoms with E-state index in [1.807, 2.05) is 32.0 Å². The number of hydrogen-bond donors (Lipinski definition) is 1. The number of rotatable bonds is 7. The zero-order valence-electron chi connectivity index (χ0n) is 16.0. The molecule has 0 spiro atoms. The number of ketones is 1. The van der Waals surface area contributed by atoms with Crippen LogP contribution in [0.5, 0.6) is 11.5 Å². The summed E-state index contributed by atoms with van der Waals surface area (Å²) in [5.74, 6) is 0.747. The molecule has 1 atom stereocenters. The summed E-state index contributed by atoms with van der Waals surface area (Å²) in [6.45, 7) is 5.07. The van der Waals surface area contributed by atoms with Crippen LogP contribution >= 0.6 is 0 Å². The Balaban J connectivity index is 1.61. The van der Waals surface area contributed by atoms with Gasteiger partial charge in [-0.15, -0.1) is 0 Å². The molecule has 0 aromatic heterocycles. The molecule has 0 saturated carbocycles. The van der Waals surface area contributed by atoms with Gasteiger partial charge in [-0.25, -0.2) is 4.39 Å². The lowest BCUT2D eigenvalue weighted by molar-refractivity contribution is -0.122. The van der Waals surface area contributed by atoms with E-state index in [9.17, 15) is 14.0 Å². The summed E-state index contributed by atoms with van der Waals surface area (Å²) in [6.07, 6.45) is 0.146. The Bertz CT molecular complexity index is 848. The number of ether oxygens (including phenoxy) is 2. The molecule has 1 aliphatic heterocycles. The zero-order chi connectivity index (χ0) is 20.1. The number of nitrogens with one attached hydrogen (secondary N) is 1. The molecule has 148 valence electrons. The average molecular weight is 385 g/mol. The Morgan fingerprint density at radius 1 is 1.00 bits per heavy atom. The summed E-state index contributed by atoms with van der Waals surface area (Å²) in [6, 6.07) is 10.8. The number of Topliss-reactive ketones (excluding diaryl/α,β-unsaturated/α-hetero) is 1. The lowest BCUT2D eigenvalue weighted by Crippen LogP contribution is -2.32. The molecule has 6 heteroatoms. The largest absolute Gasteiger partial charge is 0.486 e. The first-order valence-electron chi connectivity index (χ1n) is 9.41. The molecule has 1 amide bonds. The Labute approximate surface area is 163 Å². The predicted molar refractivity (Wildman–Crippen MR) is 103 cm³/mol. The van der Waals surface area contributed by atoms with Gasteiger partial charge in [0.25, 0.3) is 0 Å². The molecule has 3 rings (SSSR count). The number of fused-ring (bicyclic) bond motifs is 1. The molecule has 1 heterocycles. The second-order valence-corrected chi connectivity index (χ2v) is 7.12. The maximum Gasteiger partial charge on any atom is 0.220 e. The highest BCUT2D eigenvalue weighted by Crippen LogP contribution is 2.34. The second-order valence-electron chi connectivity index (χ2n) is 7.12. The van der Waals surface area contributed by atoms with Gasteiger partial charge in [-0.1, -0.05) is 19.9 Å². The molecule has 0 fully saturated rings. The highest BCUT2D eigenvalue weighted by molar-refractivity contribution is 5.97. The number of hydrogen-bond acceptors (Lipinski definition) is 4. The number of benzene rings is 2. The fourth-order valence-electron chi connectivity index (χ4n) is 3.14. The van der Waals surface area contributed by atoms with Crippen LogP contribution in [0.25, 0.3) is 0 Å². The molecule has 1 aliphatic rings. The van der Waals surface area contributed by atoms with E-state index >= 15 is 0 Å². The summed E-state index contributed by atoms with van der Waals surface area (Å²) >= 11 is 0. The highest BCUT2D eigenvalue weighted by Gasteiger charge is 2.22. The first-order chi connectivity index (χ1) is 13.4. The molecular weight excluding hydrogens is 361 g/mol. The van der Waals surface area contributed by atoms with Crippen molar-refractivity contribution in [3.63, 3.8) is 0 Å². The normalized spacial score (nSPS) is 13.9. The SMILES string of the molecule is CC(C)[C@@H](NC(=O)CCC(=O)c1ccc(F)cc1)c1ccc2c(c1)OCCO2. The quantitative estimate of drug-likeness (QED) is 0.730. The maximum atomic E-state index is 13.0. The summed E-state index contributed by atoms with van der Waals surface area (Å²) < 4.78 is 24.1. The Morgan fingerprint density at radius 3 is 2.36 bits per heavy atom. The van der Waals surface area contributed by atoms with Crippen LogP contribution in [-0.2, 0) is 4.79 Å². The molecule has 0 bridgehead atoms. The molecule has 0 unspecified atom stereocenters. The van der Waals surface area contributed by atoms with E-state index in [-0.39, 0.29) is 36.5 Å². The van der Waals surface area contributed by atoms with E-state index in [0.29, 0.717) is 30.3 Å². The Hall–Kier alpha value is -2.89. The zero-order valence-corrected chi connectivity index (χ0v) is 16.0. The minimum absolute atomic E-state index is 0.0728. The van der Waals surface area contributed by atoms with Crippen LogP contribution in [-0.4, -0.2) is 24.9 Å². The van der Waals surface area contributed by atoms with Crippen LogP contribution in [0.15, 0.2) is 42.5 Å². The topological polar surface area (TPSA) is 64.6 Å². The van der Waals surface area contributed by atoms with E-state index in [1.54, 1.807) is 0 Å². The van der Waals surface area contributed by atoms with Gasteiger partial charge in [0.05, 0.1) is 6.04 Å². The van der Waals surface area contributed by atoms with Crippen LogP contribution in [0.1, 0.15) is 48.7 Å². The number of carbonyl (C=O) groups excluding carboxylic acids is 2. The average Bonchev–Trinajstić information content (AvgIpc) is 2.70. The standard InChI is InChI=1S/C22H24FNO4/c1-14(2)22(16-5-9-19-20(13-16)28-12-11-27-19)24-21(26)10-8-18(25)15-3-6-17(23)7-4-15/h3-7,9,13-14,22H,8,10-12H2,1-2H3,(H,24,26)/t22-/m1/s1. The molecule has 2 aromatic carbocycles. The van der Waals surface area contributed by atoms with Crippen molar-refractivity contribution in [1.82, 2.24) is 5.32 Å². The molecule has 0 radical (unpaired) electrons. The van der Waals surface area contributed by atoms with Crippen molar-refractivity contribution in [1.29, 1.82) is 0 Å². The monoisotopic (exact) mass is 385 g/mol. The van der Waals surface area contributed by atoms with E-state index in [1.165, 1.54) is 24.3 Å². The van der Waals surface area contributed by atoms with Gasteiger partial charge >= 0.3 is 0 Å². The fourth-order valence-corrected chi connectivity index (χ4v) is 3.14. The van der Waals surface area contributed by atoms with E-state index < -0.39 is 5.82 Å². The van der Waals surface area contributed by atoms with Gasteiger partial charge in [0, 0.05) is 18.4 Å². The van der Waals surface area contributed by atoms with E-state index in [2.05, 4.69) is 5.32 Å². The van der Waals surface area contributed by atoms with Crippen molar-refractivity contribution < 1.29 is 23.5 Å². The van der Waals surface area contributed by atoms with Crippen LogP contribution in [0.2, 0.25) is 0 Å². The van der Waals surface area contributed by atoms with Crippen LogP contribution in [0, 0.1) is 11.7 Å². The first kappa shape index (κ1) is 19.9. The van der Waals surface area contributed by atoms with E-state index in [0.717, 1.165) is 5.56 Å². The molecule has 0 aliphatic carbocycles. The molecule has 28 heavy (non-hydrogen) atoms. The fraction of sp³-hybridized carbons (Fsp3) is 0.364. The van der Waals surface area contributed by atoms with Crippen molar-refractivity contribution in [2.75, 3.05) is 13.2 Å². The molecular formula is C22H24FNO4. The Kier molecular flexibility index (Phi) is 6.29. The lowest BCUT2D eigenvalue weighted by atomic mass is 9.95. The van der Waals surface area contributed by atoms with Gasteiger partial charge in [-0.3, -0.25) is 9.59 Å². The molecule has 5 nitrogen and oxygen atoms in total. The van der Waals surface area contributed by atoms with E-state index in [4.69, 9.17) is 9.47 Å². The highest BCUT2D eigenvalue weighted by atomic mass is 19.1. The van der Waals surface area contributed by atoms with Crippen molar-refractivity contribution in [3.05, 3.63) is 59.4 Å². The summed E-state index contributed by atoms with van der Waals surface area (Å²) in [7, 11) is 0. The number of halogens is 1. The molecule has 0 saturated heterocycles. The van der Waals surface area contributed by atoms with Gasteiger partial charge in [0.2, 0.25) is 5.91 Å². The van der Waals surface area contributed by atoms with Crippen molar-refractivity contribution in [3.8, 4) is 11.5 Å². The summed E-state index contributed by atoms with van der Waals surface area (Å²) in [5.41, 5.74) is 1.33. The third kappa shape index (κ3) is 4.88. The summed E-state index contributed by atoms with van der Waals surface area (Å²) in [4.78, 5) is 24.6.